The van der Waals surface area contributed by atoms with Crippen LogP contribution in [0, 0.1) is 0 Å². The van der Waals surface area contributed by atoms with Crippen molar-refractivity contribution in [1.29, 1.82) is 0 Å². The number of aryl methyl sites for hydroxylation is 2. The molecule has 3 aromatic rings. The number of hydrogen-bond donors (Lipinski definition) is 1. The third-order valence-corrected chi connectivity index (χ3v) is 6.69. The number of amides is 1. The number of fused-ring (bicyclic) bond motifs is 3. The Kier molecular flexibility index (Phi) is 5.67. The molecule has 0 spiro atoms. The van der Waals surface area contributed by atoms with Gasteiger partial charge in [0.15, 0.2) is 0 Å². The monoisotopic (exact) mass is 411 g/mol. The van der Waals surface area contributed by atoms with Crippen molar-refractivity contribution in [3.05, 3.63) is 56.4 Å². The first-order valence-electron chi connectivity index (χ1n) is 10.0. The second-order valence-electron chi connectivity index (χ2n) is 7.43. The maximum absolute atomic E-state index is 13.5. The Bertz CT molecular complexity index is 1120. The number of para-hydroxylation sites is 1. The lowest BCUT2D eigenvalue weighted by Crippen LogP contribution is -2.27. The molecule has 0 fully saturated rings. The molecule has 29 heavy (non-hydrogen) atoms. The van der Waals surface area contributed by atoms with E-state index in [1.807, 2.05) is 24.3 Å². The van der Waals surface area contributed by atoms with Gasteiger partial charge in [0.1, 0.15) is 16.4 Å². The van der Waals surface area contributed by atoms with Crippen molar-refractivity contribution in [2.75, 3.05) is 7.11 Å². The first-order chi connectivity index (χ1) is 14.1. The predicted molar refractivity (Wildman–Crippen MR) is 115 cm³/mol. The second-order valence-corrected chi connectivity index (χ2v) is 8.52. The molecule has 0 aliphatic heterocycles. The van der Waals surface area contributed by atoms with Crippen molar-refractivity contribution in [3.8, 4) is 5.75 Å². The van der Waals surface area contributed by atoms with Gasteiger partial charge < -0.3 is 10.5 Å². The largest absolute Gasteiger partial charge is 0.496 e. The summed E-state index contributed by atoms with van der Waals surface area (Å²) in [5.74, 6) is 1.12. The summed E-state index contributed by atoms with van der Waals surface area (Å²) in [6, 6.07) is 7.78. The molecule has 0 saturated heterocycles. The molecule has 1 aliphatic rings. The number of nitrogens with zero attached hydrogens (tertiary/aromatic N) is 2. The summed E-state index contributed by atoms with van der Waals surface area (Å²) in [6.45, 7) is 0.430. The SMILES string of the molecule is COc1ccccc1Cc1nc2sc3c(c2c(=O)n1CCCC(N)=O)CCCC3. The molecule has 7 heteroatoms. The van der Waals surface area contributed by atoms with Crippen LogP contribution in [0.2, 0.25) is 0 Å². The minimum absolute atomic E-state index is 0.00349. The number of hydrogen-bond acceptors (Lipinski definition) is 5. The lowest BCUT2D eigenvalue weighted by atomic mass is 9.97. The van der Waals surface area contributed by atoms with Crippen LogP contribution in [-0.2, 0) is 30.6 Å². The highest BCUT2D eigenvalue weighted by Gasteiger charge is 2.22. The molecular weight excluding hydrogens is 386 g/mol. The highest BCUT2D eigenvalue weighted by atomic mass is 32.1. The Morgan fingerprint density at radius 1 is 1.28 bits per heavy atom. The van der Waals surface area contributed by atoms with E-state index in [4.69, 9.17) is 15.5 Å². The van der Waals surface area contributed by atoms with Crippen LogP contribution in [0.25, 0.3) is 10.2 Å². The van der Waals surface area contributed by atoms with Crippen LogP contribution in [0.3, 0.4) is 0 Å². The Labute approximate surface area is 173 Å². The normalized spacial score (nSPS) is 13.4. The Morgan fingerprint density at radius 3 is 2.86 bits per heavy atom. The number of ether oxygens (including phenoxy) is 1. The minimum Gasteiger partial charge on any atom is -0.496 e. The first-order valence-corrected chi connectivity index (χ1v) is 10.8. The van der Waals surface area contributed by atoms with Gasteiger partial charge in [-0.15, -0.1) is 11.3 Å². The zero-order valence-electron chi connectivity index (χ0n) is 16.6. The number of thiophene rings is 1. The predicted octanol–water partition coefficient (Wildman–Crippen LogP) is 3.20. The van der Waals surface area contributed by atoms with Crippen molar-refractivity contribution in [2.24, 2.45) is 5.73 Å². The number of aromatic nitrogens is 2. The van der Waals surface area contributed by atoms with Crippen LogP contribution in [0.15, 0.2) is 29.1 Å². The maximum atomic E-state index is 13.5. The molecule has 1 aliphatic carbocycles. The zero-order valence-corrected chi connectivity index (χ0v) is 17.4. The van der Waals surface area contributed by atoms with Crippen LogP contribution < -0.4 is 16.0 Å². The number of methoxy groups -OCH3 is 1. The van der Waals surface area contributed by atoms with E-state index in [1.54, 1.807) is 23.0 Å². The molecule has 2 N–H and O–H groups in total. The van der Waals surface area contributed by atoms with Crippen molar-refractivity contribution >= 4 is 27.5 Å². The fourth-order valence-corrected chi connectivity index (χ4v) is 5.35. The Balaban J connectivity index is 1.82. The molecule has 2 aromatic heterocycles. The van der Waals surface area contributed by atoms with E-state index < -0.39 is 0 Å². The number of carbonyl (C=O) groups excluding carboxylic acids is 1. The van der Waals surface area contributed by atoms with Gasteiger partial charge in [0.25, 0.3) is 5.56 Å². The van der Waals surface area contributed by atoms with Crippen LogP contribution in [0.1, 0.15) is 47.5 Å². The maximum Gasteiger partial charge on any atom is 0.262 e. The summed E-state index contributed by atoms with van der Waals surface area (Å²) >= 11 is 1.66. The number of carbonyl (C=O) groups is 1. The van der Waals surface area contributed by atoms with E-state index in [0.29, 0.717) is 25.2 Å². The molecular formula is C22H25N3O3S. The van der Waals surface area contributed by atoms with E-state index >= 15 is 0 Å². The Morgan fingerprint density at radius 2 is 2.07 bits per heavy atom. The molecule has 152 valence electrons. The van der Waals surface area contributed by atoms with E-state index in [9.17, 15) is 9.59 Å². The standard InChI is InChI=1S/C22H25N3O3S/c1-28-16-9-4-2-7-14(16)13-19-24-21-20(15-8-3-5-10-17(15)29-21)22(27)25(19)12-6-11-18(23)26/h2,4,7,9H,3,5-6,8,10-13H2,1H3,(H2,23,26). The van der Waals surface area contributed by atoms with Gasteiger partial charge in [-0.3, -0.25) is 14.2 Å². The molecule has 0 unspecified atom stereocenters. The van der Waals surface area contributed by atoms with E-state index in [0.717, 1.165) is 40.8 Å². The van der Waals surface area contributed by atoms with Crippen LogP contribution >= 0.6 is 11.3 Å². The molecule has 0 radical (unpaired) electrons. The highest BCUT2D eigenvalue weighted by Crippen LogP contribution is 2.34. The Hall–Kier alpha value is -2.67. The highest BCUT2D eigenvalue weighted by molar-refractivity contribution is 7.18. The van der Waals surface area contributed by atoms with E-state index in [2.05, 4.69) is 0 Å². The number of nitrogens with two attached hydrogens (primary N) is 1. The van der Waals surface area contributed by atoms with E-state index in [1.165, 1.54) is 16.9 Å². The van der Waals surface area contributed by atoms with Gasteiger partial charge in [0, 0.05) is 29.8 Å². The summed E-state index contributed by atoms with van der Waals surface area (Å²) in [6.07, 6.45) is 5.52. The molecule has 2 heterocycles. The van der Waals surface area contributed by atoms with Crippen molar-refractivity contribution in [1.82, 2.24) is 9.55 Å². The van der Waals surface area contributed by atoms with Gasteiger partial charge >= 0.3 is 0 Å². The third-order valence-electron chi connectivity index (χ3n) is 5.50. The summed E-state index contributed by atoms with van der Waals surface area (Å²) in [7, 11) is 1.64. The van der Waals surface area contributed by atoms with Gasteiger partial charge in [-0.2, -0.15) is 0 Å². The van der Waals surface area contributed by atoms with Crippen molar-refractivity contribution in [3.63, 3.8) is 0 Å². The van der Waals surface area contributed by atoms with E-state index in [-0.39, 0.29) is 17.9 Å². The number of benzene rings is 1. The molecule has 4 rings (SSSR count). The molecule has 6 nitrogen and oxygen atoms in total. The first kappa shape index (κ1) is 19.6. The van der Waals surface area contributed by atoms with Gasteiger partial charge in [-0.25, -0.2) is 4.98 Å². The van der Waals surface area contributed by atoms with Gasteiger partial charge in [0.05, 0.1) is 12.5 Å². The topological polar surface area (TPSA) is 87.2 Å². The van der Waals surface area contributed by atoms with Crippen molar-refractivity contribution in [2.45, 2.75) is 51.5 Å². The molecule has 0 saturated carbocycles. The third kappa shape index (κ3) is 3.92. The quantitative estimate of drug-likeness (QED) is 0.647. The minimum atomic E-state index is -0.355. The smallest absolute Gasteiger partial charge is 0.262 e. The fraction of sp³-hybridized carbons (Fsp3) is 0.409. The lowest BCUT2D eigenvalue weighted by molar-refractivity contribution is -0.118. The van der Waals surface area contributed by atoms with Gasteiger partial charge in [-0.1, -0.05) is 18.2 Å². The zero-order chi connectivity index (χ0) is 20.4. The molecule has 1 amide bonds. The van der Waals surface area contributed by atoms with Crippen molar-refractivity contribution < 1.29 is 9.53 Å². The second kappa shape index (κ2) is 8.37. The average molecular weight is 412 g/mol. The molecule has 1 aromatic carbocycles. The van der Waals surface area contributed by atoms with Gasteiger partial charge in [0.2, 0.25) is 5.91 Å². The van der Waals surface area contributed by atoms with Crippen LogP contribution in [0.5, 0.6) is 5.75 Å². The van der Waals surface area contributed by atoms with Gasteiger partial charge in [-0.05, 0) is 43.7 Å². The summed E-state index contributed by atoms with van der Waals surface area (Å²) in [4.78, 5) is 31.7. The number of rotatable bonds is 7. The average Bonchev–Trinajstić information content (AvgIpc) is 3.09. The molecule has 0 bridgehead atoms. The summed E-state index contributed by atoms with van der Waals surface area (Å²) < 4.78 is 7.22. The lowest BCUT2D eigenvalue weighted by Gasteiger charge is -2.15. The summed E-state index contributed by atoms with van der Waals surface area (Å²) in [5.41, 5.74) is 7.47. The summed E-state index contributed by atoms with van der Waals surface area (Å²) in [5, 5.41) is 0.771. The molecule has 0 atom stereocenters. The fourth-order valence-electron chi connectivity index (χ4n) is 4.08. The number of primary amides is 1. The van der Waals surface area contributed by atoms with Crippen LogP contribution in [0.4, 0.5) is 0 Å². The van der Waals surface area contributed by atoms with Crippen LogP contribution in [-0.4, -0.2) is 22.6 Å².